The Labute approximate surface area is 142 Å². The molecule has 0 radical (unpaired) electrons. The van der Waals surface area contributed by atoms with E-state index in [9.17, 15) is 9.59 Å². The van der Waals surface area contributed by atoms with Crippen LogP contribution in [0.5, 0.6) is 0 Å². The van der Waals surface area contributed by atoms with E-state index in [1.165, 1.54) is 11.0 Å². The summed E-state index contributed by atoms with van der Waals surface area (Å²) in [4.78, 5) is 28.2. The highest BCUT2D eigenvalue weighted by Crippen LogP contribution is 2.22. The van der Waals surface area contributed by atoms with Gasteiger partial charge in [-0.25, -0.2) is 4.79 Å². The second-order valence-electron chi connectivity index (χ2n) is 5.81. The molecule has 0 unspecified atom stereocenters. The first-order valence-corrected chi connectivity index (χ1v) is 8.56. The van der Waals surface area contributed by atoms with E-state index in [-0.39, 0.29) is 17.8 Å². The second kappa shape index (κ2) is 9.14. The van der Waals surface area contributed by atoms with Gasteiger partial charge in [0, 0.05) is 51.1 Å². The first kappa shape index (κ1) is 18.1. The molecular weight excluding hydrogens is 316 g/mol. The zero-order valence-corrected chi connectivity index (χ0v) is 14.3. The van der Waals surface area contributed by atoms with Crippen LogP contribution in [-0.2, 0) is 9.53 Å². The van der Waals surface area contributed by atoms with E-state index < -0.39 is 12.1 Å². The standard InChI is InChI=1S/C15H26N4O3S/c1-2-9-22-15(21)19-11-12(23)10-13(19)14(20)17-5-8-18-6-3-16-4-7-18/h2,12-13,16,23H,1,3-11H2,(H,17,20)/t12-,13-/m0/s1. The van der Waals surface area contributed by atoms with Crippen LogP contribution >= 0.6 is 12.6 Å². The number of likely N-dealkylation sites (tertiary alicyclic amines) is 1. The fourth-order valence-corrected chi connectivity index (χ4v) is 3.24. The van der Waals surface area contributed by atoms with Gasteiger partial charge in [-0.1, -0.05) is 12.7 Å². The molecule has 0 spiro atoms. The van der Waals surface area contributed by atoms with Crippen molar-refractivity contribution >= 4 is 24.6 Å². The zero-order chi connectivity index (χ0) is 16.7. The molecule has 0 bridgehead atoms. The normalized spacial score (nSPS) is 25.2. The first-order valence-electron chi connectivity index (χ1n) is 8.05. The van der Waals surface area contributed by atoms with Crippen molar-refractivity contribution in [1.82, 2.24) is 20.4 Å². The topological polar surface area (TPSA) is 73.9 Å². The predicted octanol–water partition coefficient (Wildman–Crippen LogP) is -0.297. The molecule has 2 amide bonds. The number of rotatable bonds is 6. The Balaban J connectivity index is 1.78. The fourth-order valence-electron chi connectivity index (χ4n) is 2.87. The number of hydrogen-bond donors (Lipinski definition) is 3. The molecule has 2 aliphatic rings. The minimum absolute atomic E-state index is 0.00444. The molecule has 0 aromatic heterocycles. The van der Waals surface area contributed by atoms with E-state index in [4.69, 9.17) is 4.74 Å². The molecule has 8 heteroatoms. The molecule has 2 atom stereocenters. The number of thiol groups is 1. The summed E-state index contributed by atoms with van der Waals surface area (Å²) in [6.45, 7) is 9.46. The molecule has 2 aliphatic heterocycles. The predicted molar refractivity (Wildman–Crippen MR) is 91.7 cm³/mol. The molecular formula is C15H26N4O3S. The highest BCUT2D eigenvalue weighted by atomic mass is 32.1. The number of ether oxygens (including phenoxy) is 1. The largest absolute Gasteiger partial charge is 0.445 e. The summed E-state index contributed by atoms with van der Waals surface area (Å²) in [6.07, 6.45) is 1.57. The number of carbonyl (C=O) groups is 2. The number of nitrogens with zero attached hydrogens (tertiary/aromatic N) is 2. The molecule has 2 rings (SSSR count). The molecule has 2 saturated heterocycles. The van der Waals surface area contributed by atoms with Gasteiger partial charge in [-0.05, 0) is 6.42 Å². The van der Waals surface area contributed by atoms with Gasteiger partial charge < -0.3 is 15.4 Å². The molecule has 2 fully saturated rings. The van der Waals surface area contributed by atoms with Crippen molar-refractivity contribution in [3.8, 4) is 0 Å². The van der Waals surface area contributed by atoms with Gasteiger partial charge in [0.2, 0.25) is 5.91 Å². The summed E-state index contributed by atoms with van der Waals surface area (Å²) in [5, 5.41) is 6.22. The minimum Gasteiger partial charge on any atom is -0.445 e. The Morgan fingerprint density at radius 1 is 1.39 bits per heavy atom. The van der Waals surface area contributed by atoms with Crippen molar-refractivity contribution in [3.05, 3.63) is 12.7 Å². The fraction of sp³-hybridized carbons (Fsp3) is 0.733. The third kappa shape index (κ3) is 5.40. The lowest BCUT2D eigenvalue weighted by atomic mass is 10.2. The number of piperazine rings is 1. The monoisotopic (exact) mass is 342 g/mol. The Morgan fingerprint density at radius 2 is 2.13 bits per heavy atom. The molecule has 130 valence electrons. The van der Waals surface area contributed by atoms with Crippen molar-refractivity contribution in [1.29, 1.82) is 0 Å². The Hall–Kier alpha value is -1.25. The van der Waals surface area contributed by atoms with Crippen LogP contribution in [0.4, 0.5) is 4.79 Å². The van der Waals surface area contributed by atoms with E-state index >= 15 is 0 Å². The minimum atomic E-state index is -0.502. The molecule has 2 heterocycles. The maximum Gasteiger partial charge on any atom is 0.410 e. The molecule has 0 saturated carbocycles. The van der Waals surface area contributed by atoms with Crippen LogP contribution in [0.3, 0.4) is 0 Å². The molecule has 0 aromatic carbocycles. The SMILES string of the molecule is C=CCOC(=O)N1C[C@@H](S)C[C@H]1C(=O)NCCN1CCNCC1. The van der Waals surface area contributed by atoms with Gasteiger partial charge in [0.15, 0.2) is 0 Å². The highest BCUT2D eigenvalue weighted by Gasteiger charge is 2.39. The molecule has 23 heavy (non-hydrogen) atoms. The van der Waals surface area contributed by atoms with Crippen molar-refractivity contribution in [2.45, 2.75) is 17.7 Å². The number of nitrogens with one attached hydrogen (secondary N) is 2. The van der Waals surface area contributed by atoms with Gasteiger partial charge >= 0.3 is 6.09 Å². The Morgan fingerprint density at radius 3 is 2.83 bits per heavy atom. The lowest BCUT2D eigenvalue weighted by Gasteiger charge is -2.28. The molecule has 7 nitrogen and oxygen atoms in total. The first-order chi connectivity index (χ1) is 11.1. The van der Waals surface area contributed by atoms with Gasteiger partial charge in [0.25, 0.3) is 0 Å². The third-order valence-electron chi connectivity index (χ3n) is 4.08. The average Bonchev–Trinajstić information content (AvgIpc) is 2.95. The van der Waals surface area contributed by atoms with Gasteiger partial charge in [-0.3, -0.25) is 14.6 Å². The summed E-state index contributed by atoms with van der Waals surface area (Å²) in [5.41, 5.74) is 0. The van der Waals surface area contributed by atoms with E-state index in [0.717, 1.165) is 32.7 Å². The second-order valence-corrected chi connectivity index (χ2v) is 6.54. The van der Waals surface area contributed by atoms with Crippen LogP contribution in [-0.4, -0.2) is 85.5 Å². The van der Waals surface area contributed by atoms with Crippen LogP contribution in [0.15, 0.2) is 12.7 Å². The summed E-state index contributed by atoms with van der Waals surface area (Å²) in [7, 11) is 0. The van der Waals surface area contributed by atoms with Gasteiger partial charge in [-0.2, -0.15) is 12.6 Å². The summed E-state index contributed by atoms with van der Waals surface area (Å²) >= 11 is 4.40. The van der Waals surface area contributed by atoms with Gasteiger partial charge in [-0.15, -0.1) is 0 Å². The van der Waals surface area contributed by atoms with Crippen molar-refractivity contribution < 1.29 is 14.3 Å². The number of amides is 2. The summed E-state index contributed by atoms with van der Waals surface area (Å²) in [5.74, 6) is -0.132. The van der Waals surface area contributed by atoms with E-state index in [1.807, 2.05) is 0 Å². The van der Waals surface area contributed by atoms with Crippen LogP contribution < -0.4 is 10.6 Å². The Kier molecular flexibility index (Phi) is 7.19. The van der Waals surface area contributed by atoms with Gasteiger partial charge in [0.1, 0.15) is 12.6 Å². The molecule has 0 aliphatic carbocycles. The van der Waals surface area contributed by atoms with Crippen LogP contribution in [0.2, 0.25) is 0 Å². The van der Waals surface area contributed by atoms with Crippen molar-refractivity contribution in [3.63, 3.8) is 0 Å². The smallest absolute Gasteiger partial charge is 0.410 e. The highest BCUT2D eigenvalue weighted by molar-refractivity contribution is 7.81. The number of carbonyl (C=O) groups excluding carboxylic acids is 2. The number of hydrogen-bond acceptors (Lipinski definition) is 6. The lowest BCUT2D eigenvalue weighted by molar-refractivity contribution is -0.125. The van der Waals surface area contributed by atoms with E-state index in [1.54, 1.807) is 0 Å². The van der Waals surface area contributed by atoms with Crippen LogP contribution in [0.1, 0.15) is 6.42 Å². The molecule has 0 aromatic rings. The lowest BCUT2D eigenvalue weighted by Crippen LogP contribution is -2.49. The maximum absolute atomic E-state index is 12.4. The third-order valence-corrected chi connectivity index (χ3v) is 4.45. The Bertz CT molecular complexity index is 429. The van der Waals surface area contributed by atoms with Crippen molar-refractivity contribution in [2.75, 3.05) is 52.4 Å². The van der Waals surface area contributed by atoms with Crippen LogP contribution in [0.25, 0.3) is 0 Å². The van der Waals surface area contributed by atoms with Crippen molar-refractivity contribution in [2.24, 2.45) is 0 Å². The van der Waals surface area contributed by atoms with E-state index in [0.29, 0.717) is 19.5 Å². The average molecular weight is 342 g/mol. The zero-order valence-electron chi connectivity index (χ0n) is 13.4. The maximum atomic E-state index is 12.4. The van der Waals surface area contributed by atoms with Gasteiger partial charge in [0.05, 0.1) is 0 Å². The summed E-state index contributed by atoms with van der Waals surface area (Å²) in [6, 6.07) is -0.502. The van der Waals surface area contributed by atoms with Crippen LogP contribution in [0, 0.1) is 0 Å². The quantitative estimate of drug-likeness (QED) is 0.457. The molecule has 2 N–H and O–H groups in total. The van der Waals surface area contributed by atoms with E-state index in [2.05, 4.69) is 34.7 Å². The summed E-state index contributed by atoms with van der Waals surface area (Å²) < 4.78 is 5.04.